The molecule has 0 fully saturated rings. The van der Waals surface area contributed by atoms with Gasteiger partial charge < -0.3 is 9.47 Å². The van der Waals surface area contributed by atoms with Crippen molar-refractivity contribution in [2.75, 3.05) is 24.6 Å². The lowest BCUT2D eigenvalue weighted by Gasteiger charge is -2.24. The predicted molar refractivity (Wildman–Crippen MR) is 113 cm³/mol. The summed E-state index contributed by atoms with van der Waals surface area (Å²) in [5, 5.41) is 1.64. The molecule has 7 nitrogen and oxygen atoms in total. The number of anilines is 1. The van der Waals surface area contributed by atoms with Crippen molar-refractivity contribution in [3.05, 3.63) is 72.3 Å². The molecule has 0 unspecified atom stereocenters. The van der Waals surface area contributed by atoms with Crippen LogP contribution in [0.25, 0.3) is 10.8 Å². The highest BCUT2D eigenvalue weighted by Crippen LogP contribution is 2.27. The maximum absolute atomic E-state index is 13.4. The molecule has 0 atom stereocenters. The Balaban J connectivity index is 2.09. The SMILES string of the molecule is CCOC(=O)c1cccc(N(CC(=O)OC)S(=O)(=O)c2ccc3ccccc3c2)c1. The fraction of sp³-hybridized carbons (Fsp3) is 0.182. The maximum Gasteiger partial charge on any atom is 0.338 e. The summed E-state index contributed by atoms with van der Waals surface area (Å²) in [4.78, 5) is 24.1. The van der Waals surface area contributed by atoms with Crippen LogP contribution in [0.4, 0.5) is 5.69 Å². The normalized spacial score (nSPS) is 11.1. The standard InChI is InChI=1S/C22H21NO6S/c1-3-29-22(25)18-9-6-10-19(13-18)23(15-21(24)28-2)30(26,27)20-12-11-16-7-4-5-8-17(16)14-20/h4-14H,3,15H2,1-2H3. The second-order valence-electron chi connectivity index (χ2n) is 6.37. The number of carbonyl (C=O) groups excluding carboxylic acids is 2. The van der Waals surface area contributed by atoms with Gasteiger partial charge in [-0.3, -0.25) is 9.10 Å². The van der Waals surface area contributed by atoms with E-state index in [2.05, 4.69) is 4.74 Å². The first-order chi connectivity index (χ1) is 14.4. The minimum absolute atomic E-state index is 0.0200. The number of sulfonamides is 1. The largest absolute Gasteiger partial charge is 0.468 e. The molecule has 0 heterocycles. The molecule has 8 heteroatoms. The van der Waals surface area contributed by atoms with Gasteiger partial charge in [-0.25, -0.2) is 13.2 Å². The van der Waals surface area contributed by atoms with Gasteiger partial charge in [-0.1, -0.05) is 36.4 Å². The van der Waals surface area contributed by atoms with Gasteiger partial charge in [-0.05, 0) is 48.0 Å². The zero-order valence-corrected chi connectivity index (χ0v) is 17.4. The minimum Gasteiger partial charge on any atom is -0.468 e. The van der Waals surface area contributed by atoms with Crippen LogP contribution in [0, 0.1) is 0 Å². The van der Waals surface area contributed by atoms with E-state index >= 15 is 0 Å². The summed E-state index contributed by atoms with van der Waals surface area (Å²) in [5.41, 5.74) is 0.331. The van der Waals surface area contributed by atoms with Crippen molar-refractivity contribution >= 4 is 38.4 Å². The monoisotopic (exact) mass is 427 g/mol. The molecule has 0 spiro atoms. The van der Waals surface area contributed by atoms with Gasteiger partial charge in [-0.15, -0.1) is 0 Å². The van der Waals surface area contributed by atoms with E-state index in [1.165, 1.54) is 37.4 Å². The van der Waals surface area contributed by atoms with Crippen LogP contribution in [0.2, 0.25) is 0 Å². The molecule has 156 valence electrons. The summed E-state index contributed by atoms with van der Waals surface area (Å²) in [7, 11) is -2.95. The summed E-state index contributed by atoms with van der Waals surface area (Å²) in [6.45, 7) is 1.32. The Bertz CT molecular complexity index is 1190. The second-order valence-corrected chi connectivity index (χ2v) is 8.23. The Hall–Kier alpha value is -3.39. The lowest BCUT2D eigenvalue weighted by atomic mass is 10.1. The van der Waals surface area contributed by atoms with Gasteiger partial charge in [-0.2, -0.15) is 0 Å². The Morgan fingerprint density at radius 1 is 0.933 bits per heavy atom. The van der Waals surface area contributed by atoms with Crippen molar-refractivity contribution in [1.29, 1.82) is 0 Å². The van der Waals surface area contributed by atoms with Gasteiger partial charge >= 0.3 is 11.9 Å². The number of carbonyl (C=O) groups is 2. The molecule has 3 aromatic carbocycles. The van der Waals surface area contributed by atoms with Crippen LogP contribution in [0.15, 0.2) is 71.6 Å². The summed E-state index contributed by atoms with van der Waals surface area (Å²) < 4.78 is 37.5. The molecule has 30 heavy (non-hydrogen) atoms. The number of esters is 2. The molecule has 0 radical (unpaired) electrons. The molecule has 0 bridgehead atoms. The third-order valence-electron chi connectivity index (χ3n) is 4.45. The highest BCUT2D eigenvalue weighted by molar-refractivity contribution is 7.92. The summed E-state index contributed by atoms with van der Waals surface area (Å²) in [6, 6.07) is 18.0. The average molecular weight is 427 g/mol. The van der Waals surface area contributed by atoms with Crippen LogP contribution < -0.4 is 4.31 Å². The molecule has 3 rings (SSSR count). The Morgan fingerprint density at radius 3 is 2.37 bits per heavy atom. The van der Waals surface area contributed by atoms with Gasteiger partial charge in [0.05, 0.1) is 29.9 Å². The molecule has 0 amide bonds. The van der Waals surface area contributed by atoms with E-state index in [9.17, 15) is 18.0 Å². The maximum atomic E-state index is 13.4. The van der Waals surface area contributed by atoms with E-state index in [0.29, 0.717) is 0 Å². The van der Waals surface area contributed by atoms with Crippen molar-refractivity contribution in [3.63, 3.8) is 0 Å². The Morgan fingerprint density at radius 2 is 1.67 bits per heavy atom. The Kier molecular flexibility index (Phi) is 6.37. The van der Waals surface area contributed by atoms with Crippen LogP contribution in [-0.2, 0) is 24.3 Å². The van der Waals surface area contributed by atoms with Gasteiger partial charge in [0.15, 0.2) is 0 Å². The third-order valence-corrected chi connectivity index (χ3v) is 6.22. The summed E-state index contributed by atoms with van der Waals surface area (Å²) in [5.74, 6) is -1.32. The van der Waals surface area contributed by atoms with E-state index < -0.39 is 28.5 Å². The van der Waals surface area contributed by atoms with Crippen LogP contribution in [0.5, 0.6) is 0 Å². The van der Waals surface area contributed by atoms with E-state index in [1.807, 2.05) is 18.2 Å². The van der Waals surface area contributed by atoms with E-state index in [1.54, 1.807) is 25.1 Å². The van der Waals surface area contributed by atoms with Crippen LogP contribution in [-0.4, -0.2) is 40.6 Å². The topological polar surface area (TPSA) is 90.0 Å². The van der Waals surface area contributed by atoms with Gasteiger partial charge in [0.1, 0.15) is 6.54 Å². The quantitative estimate of drug-likeness (QED) is 0.537. The first-order valence-electron chi connectivity index (χ1n) is 9.22. The first kappa shape index (κ1) is 21.3. The number of nitrogens with zero attached hydrogens (tertiary/aromatic N) is 1. The minimum atomic E-state index is -4.13. The van der Waals surface area contributed by atoms with E-state index in [4.69, 9.17) is 4.74 Å². The lowest BCUT2D eigenvalue weighted by molar-refractivity contribution is -0.138. The van der Waals surface area contributed by atoms with Gasteiger partial charge in [0.25, 0.3) is 10.0 Å². The van der Waals surface area contributed by atoms with E-state index in [0.717, 1.165) is 15.1 Å². The molecule has 3 aromatic rings. The number of rotatable bonds is 7. The Labute approximate surface area is 174 Å². The van der Waals surface area contributed by atoms with Crippen LogP contribution in [0.3, 0.4) is 0 Å². The number of benzene rings is 3. The van der Waals surface area contributed by atoms with Crippen molar-refractivity contribution in [1.82, 2.24) is 0 Å². The van der Waals surface area contributed by atoms with Gasteiger partial charge in [0.2, 0.25) is 0 Å². The molecule has 0 aliphatic heterocycles. The second kappa shape index (κ2) is 8.96. The van der Waals surface area contributed by atoms with Crippen molar-refractivity contribution in [2.24, 2.45) is 0 Å². The average Bonchev–Trinajstić information content (AvgIpc) is 2.77. The number of ether oxygens (including phenoxy) is 2. The molecule has 0 aliphatic rings. The van der Waals surface area contributed by atoms with Crippen molar-refractivity contribution in [2.45, 2.75) is 11.8 Å². The molecule has 0 aliphatic carbocycles. The third kappa shape index (κ3) is 4.44. The lowest BCUT2D eigenvalue weighted by Crippen LogP contribution is -2.36. The van der Waals surface area contributed by atoms with Crippen LogP contribution >= 0.6 is 0 Å². The fourth-order valence-electron chi connectivity index (χ4n) is 2.95. The van der Waals surface area contributed by atoms with Crippen molar-refractivity contribution < 1.29 is 27.5 Å². The van der Waals surface area contributed by atoms with E-state index in [-0.39, 0.29) is 22.8 Å². The number of hydrogen-bond acceptors (Lipinski definition) is 6. The summed E-state index contributed by atoms with van der Waals surface area (Å²) >= 11 is 0. The molecule has 0 saturated heterocycles. The molecule has 0 N–H and O–H groups in total. The fourth-order valence-corrected chi connectivity index (χ4v) is 4.39. The number of methoxy groups -OCH3 is 1. The molecule has 0 aromatic heterocycles. The van der Waals surface area contributed by atoms with Crippen molar-refractivity contribution in [3.8, 4) is 0 Å². The zero-order chi connectivity index (χ0) is 21.7. The predicted octanol–water partition coefficient (Wildman–Crippen LogP) is 3.38. The zero-order valence-electron chi connectivity index (χ0n) is 16.6. The number of hydrogen-bond donors (Lipinski definition) is 0. The number of fused-ring (bicyclic) bond motifs is 1. The first-order valence-corrected chi connectivity index (χ1v) is 10.7. The highest BCUT2D eigenvalue weighted by Gasteiger charge is 2.28. The molecular weight excluding hydrogens is 406 g/mol. The van der Waals surface area contributed by atoms with Crippen LogP contribution in [0.1, 0.15) is 17.3 Å². The smallest absolute Gasteiger partial charge is 0.338 e. The van der Waals surface area contributed by atoms with Gasteiger partial charge in [0, 0.05) is 0 Å². The molecular formula is C22H21NO6S. The summed E-state index contributed by atoms with van der Waals surface area (Å²) in [6.07, 6.45) is 0. The molecule has 0 saturated carbocycles. The highest BCUT2D eigenvalue weighted by atomic mass is 32.2.